The third-order valence-electron chi connectivity index (χ3n) is 5.07. The first-order chi connectivity index (χ1) is 9.24. The maximum Gasteiger partial charge on any atom is 0.164 e. The zero-order valence-corrected chi connectivity index (χ0v) is 14.7. The molecule has 112 valence electrons. The minimum absolute atomic E-state index is 0.347. The van der Waals surface area contributed by atoms with Crippen LogP contribution in [0.3, 0.4) is 0 Å². The lowest BCUT2D eigenvalue weighted by Crippen LogP contribution is -2.42. The Balaban J connectivity index is 2.16. The van der Waals surface area contributed by atoms with Crippen molar-refractivity contribution in [2.75, 3.05) is 7.11 Å². The number of methoxy groups -OCH3 is 1. The fourth-order valence-corrected chi connectivity index (χ4v) is 4.65. The minimum Gasteiger partial charge on any atom is -0.493 e. The smallest absolute Gasteiger partial charge is 0.164 e. The van der Waals surface area contributed by atoms with Gasteiger partial charge in [0.1, 0.15) is 0 Å². The van der Waals surface area contributed by atoms with Gasteiger partial charge in [-0.2, -0.15) is 0 Å². The first kappa shape index (κ1) is 15.4. The maximum atomic E-state index is 6.29. The number of fused-ring (bicyclic) bond motifs is 1. The molecule has 20 heavy (non-hydrogen) atoms. The molecule has 1 aliphatic rings. The molecule has 2 nitrogen and oxygen atoms in total. The summed E-state index contributed by atoms with van der Waals surface area (Å²) in [5, 5.41) is 0.414. The summed E-state index contributed by atoms with van der Waals surface area (Å²) < 4.78 is 11.7. The highest BCUT2D eigenvalue weighted by atomic mass is 28.3. The quantitative estimate of drug-likeness (QED) is 0.738. The van der Waals surface area contributed by atoms with Crippen molar-refractivity contribution in [1.82, 2.24) is 0 Å². The van der Waals surface area contributed by atoms with Crippen molar-refractivity contribution >= 4 is 8.07 Å². The fourth-order valence-electron chi connectivity index (χ4n) is 2.61. The van der Waals surface area contributed by atoms with Crippen LogP contribution in [0.25, 0.3) is 0 Å². The van der Waals surface area contributed by atoms with E-state index in [0.29, 0.717) is 11.1 Å². The van der Waals surface area contributed by atoms with Crippen LogP contribution in [-0.4, -0.2) is 21.3 Å². The van der Waals surface area contributed by atoms with E-state index in [2.05, 4.69) is 46.0 Å². The van der Waals surface area contributed by atoms with E-state index in [1.807, 2.05) is 6.07 Å². The van der Waals surface area contributed by atoms with E-state index in [-0.39, 0.29) is 0 Å². The number of ether oxygens (including phenoxy) is 2. The van der Waals surface area contributed by atoms with Gasteiger partial charge in [0, 0.05) is 0 Å². The highest BCUT2D eigenvalue weighted by Crippen LogP contribution is 2.43. The summed E-state index contributed by atoms with van der Waals surface area (Å²) in [6, 6.07) is 7.41. The molecule has 1 aromatic rings. The Hall–Kier alpha value is -0.963. The summed E-state index contributed by atoms with van der Waals surface area (Å²) in [6.07, 6.45) is 2.58. The molecule has 1 atom stereocenters. The SMILES string of the molecule is COc1cccc2c1O[C@@H](C[Si](C)(C)C(C)(C)C)CC2. The molecular weight excluding hydrogens is 264 g/mol. The fraction of sp³-hybridized carbons (Fsp3) is 0.647. The number of para-hydroxylation sites is 1. The van der Waals surface area contributed by atoms with E-state index in [0.717, 1.165) is 24.3 Å². The Kier molecular flexibility index (Phi) is 4.19. The zero-order chi connectivity index (χ0) is 15.0. The van der Waals surface area contributed by atoms with Crippen molar-refractivity contribution in [2.24, 2.45) is 0 Å². The lowest BCUT2D eigenvalue weighted by atomic mass is 10.0. The van der Waals surface area contributed by atoms with Gasteiger partial charge in [-0.05, 0) is 35.6 Å². The van der Waals surface area contributed by atoms with E-state index in [1.54, 1.807) is 7.11 Å². The lowest BCUT2D eigenvalue weighted by Gasteiger charge is -2.40. The van der Waals surface area contributed by atoms with Gasteiger partial charge in [0.05, 0.1) is 21.3 Å². The normalized spacial score (nSPS) is 19.2. The van der Waals surface area contributed by atoms with E-state index >= 15 is 0 Å². The summed E-state index contributed by atoms with van der Waals surface area (Å²) in [6.45, 7) is 12.1. The maximum absolute atomic E-state index is 6.29. The Labute approximate surface area is 124 Å². The molecule has 0 aromatic heterocycles. The van der Waals surface area contributed by atoms with E-state index in [9.17, 15) is 0 Å². The second-order valence-corrected chi connectivity index (χ2v) is 13.2. The van der Waals surface area contributed by atoms with Crippen LogP contribution < -0.4 is 9.47 Å². The average Bonchev–Trinajstić information content (AvgIpc) is 2.36. The van der Waals surface area contributed by atoms with Gasteiger partial charge in [-0.25, -0.2) is 0 Å². The number of hydrogen-bond donors (Lipinski definition) is 0. The monoisotopic (exact) mass is 292 g/mol. The molecule has 0 aliphatic carbocycles. The van der Waals surface area contributed by atoms with E-state index < -0.39 is 8.07 Å². The molecule has 0 fully saturated rings. The molecule has 0 amide bonds. The van der Waals surface area contributed by atoms with Gasteiger partial charge in [-0.1, -0.05) is 46.0 Å². The number of benzene rings is 1. The van der Waals surface area contributed by atoms with Crippen LogP contribution in [0.4, 0.5) is 0 Å². The molecule has 2 rings (SSSR count). The van der Waals surface area contributed by atoms with Crippen molar-refractivity contribution in [3.63, 3.8) is 0 Å². The van der Waals surface area contributed by atoms with Crippen LogP contribution in [-0.2, 0) is 6.42 Å². The van der Waals surface area contributed by atoms with Crippen LogP contribution in [0.2, 0.25) is 24.2 Å². The minimum atomic E-state index is -1.31. The summed E-state index contributed by atoms with van der Waals surface area (Å²) in [5.41, 5.74) is 1.29. The topological polar surface area (TPSA) is 18.5 Å². The highest BCUT2D eigenvalue weighted by molar-refractivity contribution is 6.80. The molecule has 1 heterocycles. The molecule has 0 N–H and O–H groups in total. The molecule has 0 radical (unpaired) electrons. The van der Waals surface area contributed by atoms with Gasteiger partial charge in [0.25, 0.3) is 0 Å². The molecule has 3 heteroatoms. The Morgan fingerprint density at radius 1 is 1.30 bits per heavy atom. The molecule has 1 aliphatic heterocycles. The third kappa shape index (κ3) is 3.03. The summed E-state index contributed by atoms with van der Waals surface area (Å²) in [4.78, 5) is 0. The number of hydrogen-bond acceptors (Lipinski definition) is 2. The second-order valence-electron chi connectivity index (χ2n) is 7.57. The van der Waals surface area contributed by atoms with Crippen molar-refractivity contribution in [2.45, 2.75) is 63.9 Å². The summed E-state index contributed by atoms with van der Waals surface area (Å²) in [7, 11) is 0.412. The first-order valence-electron chi connectivity index (χ1n) is 7.57. The molecule has 0 saturated carbocycles. The van der Waals surface area contributed by atoms with Crippen LogP contribution in [0.1, 0.15) is 32.8 Å². The van der Waals surface area contributed by atoms with Crippen molar-refractivity contribution in [3.05, 3.63) is 23.8 Å². The van der Waals surface area contributed by atoms with Gasteiger partial charge in [-0.15, -0.1) is 0 Å². The van der Waals surface area contributed by atoms with Crippen LogP contribution in [0, 0.1) is 0 Å². The zero-order valence-electron chi connectivity index (χ0n) is 13.7. The van der Waals surface area contributed by atoms with Gasteiger partial charge in [0.2, 0.25) is 0 Å². The van der Waals surface area contributed by atoms with Crippen LogP contribution in [0.15, 0.2) is 18.2 Å². The van der Waals surface area contributed by atoms with Crippen molar-refractivity contribution in [3.8, 4) is 11.5 Å². The molecule has 0 spiro atoms. The molecule has 0 saturated heterocycles. The molecular formula is C17H28O2Si. The van der Waals surface area contributed by atoms with E-state index in [4.69, 9.17) is 9.47 Å². The van der Waals surface area contributed by atoms with Gasteiger partial charge < -0.3 is 9.47 Å². The predicted octanol–water partition coefficient (Wildman–Crippen LogP) is 4.90. The molecule has 0 unspecified atom stereocenters. The summed E-state index contributed by atoms with van der Waals surface area (Å²) in [5.74, 6) is 1.85. The second kappa shape index (κ2) is 5.43. The van der Waals surface area contributed by atoms with Crippen molar-refractivity contribution in [1.29, 1.82) is 0 Å². The Morgan fingerprint density at radius 3 is 2.60 bits per heavy atom. The lowest BCUT2D eigenvalue weighted by molar-refractivity contribution is 0.181. The van der Waals surface area contributed by atoms with E-state index in [1.165, 1.54) is 11.6 Å². The van der Waals surface area contributed by atoms with Gasteiger partial charge in [-0.3, -0.25) is 0 Å². The number of rotatable bonds is 3. The largest absolute Gasteiger partial charge is 0.493 e. The van der Waals surface area contributed by atoms with Crippen LogP contribution in [0.5, 0.6) is 11.5 Å². The van der Waals surface area contributed by atoms with Gasteiger partial charge in [0.15, 0.2) is 11.5 Å². The highest BCUT2D eigenvalue weighted by Gasteiger charge is 2.38. The molecule has 1 aromatic carbocycles. The number of aryl methyl sites for hydroxylation is 1. The summed E-state index contributed by atoms with van der Waals surface area (Å²) >= 11 is 0. The van der Waals surface area contributed by atoms with Gasteiger partial charge >= 0.3 is 0 Å². The average molecular weight is 292 g/mol. The first-order valence-corrected chi connectivity index (χ1v) is 10.8. The molecule has 0 bridgehead atoms. The Bertz CT molecular complexity index is 460. The Morgan fingerprint density at radius 2 is 2.00 bits per heavy atom. The standard InChI is InChI=1S/C17H28O2Si/c1-17(2,3)20(5,6)12-14-11-10-13-8-7-9-15(18-4)16(13)19-14/h7-9,14H,10-12H2,1-6H3/t14-/m1/s1. The van der Waals surface area contributed by atoms with Crippen LogP contribution >= 0.6 is 0 Å². The third-order valence-corrected chi connectivity index (χ3v) is 10.6. The van der Waals surface area contributed by atoms with Crippen molar-refractivity contribution < 1.29 is 9.47 Å². The predicted molar refractivity (Wildman–Crippen MR) is 87.7 cm³/mol.